The zero-order valence-corrected chi connectivity index (χ0v) is 17.0. The average molecular weight is 413 g/mol. The fourth-order valence-electron chi connectivity index (χ4n) is 3.43. The van der Waals surface area contributed by atoms with Gasteiger partial charge in [-0.25, -0.2) is 26.9 Å². The van der Waals surface area contributed by atoms with Crippen LogP contribution in [0.3, 0.4) is 0 Å². The highest BCUT2D eigenvalue weighted by Gasteiger charge is 2.56. The van der Waals surface area contributed by atoms with Gasteiger partial charge >= 0.3 is 6.09 Å². The Morgan fingerprint density at radius 1 is 1.39 bits per heavy atom. The van der Waals surface area contributed by atoms with Gasteiger partial charge in [0.15, 0.2) is 0 Å². The quantitative estimate of drug-likeness (QED) is 0.759. The number of nitrogens with zero attached hydrogens (tertiary/aromatic N) is 2. The van der Waals surface area contributed by atoms with Crippen LogP contribution < -0.4 is 5.32 Å². The Hall–Kier alpha value is -2.20. The van der Waals surface area contributed by atoms with Crippen LogP contribution in [0.4, 0.5) is 9.18 Å². The molecule has 1 unspecified atom stereocenters. The van der Waals surface area contributed by atoms with Gasteiger partial charge in [0.1, 0.15) is 22.2 Å². The summed E-state index contributed by atoms with van der Waals surface area (Å²) in [6.07, 6.45) is -0.687. The number of hydrogen-bond acceptors (Lipinski definition) is 6. The molecule has 1 aromatic rings. The number of sulfonamides is 1. The Morgan fingerprint density at radius 2 is 2.07 bits per heavy atom. The summed E-state index contributed by atoms with van der Waals surface area (Å²) in [6.45, 7) is 5.15. The van der Waals surface area contributed by atoms with Gasteiger partial charge in [0.2, 0.25) is 16.0 Å². The number of hydrogen-bond donors (Lipinski definition) is 1. The molecule has 28 heavy (non-hydrogen) atoms. The molecule has 0 radical (unpaired) electrons. The molecule has 1 aromatic carbocycles. The number of guanidine groups is 1. The molecule has 2 heterocycles. The number of rotatable bonds is 1. The second kappa shape index (κ2) is 7.00. The Morgan fingerprint density at radius 3 is 2.71 bits per heavy atom. The lowest BCUT2D eigenvalue weighted by Gasteiger charge is -2.46. The fraction of sp³-hybridized carbons (Fsp3) is 0.556. The van der Waals surface area contributed by atoms with Crippen LogP contribution >= 0.6 is 0 Å². The molecule has 0 saturated carbocycles. The summed E-state index contributed by atoms with van der Waals surface area (Å²) in [4.78, 5) is 16.8. The first-order valence-corrected chi connectivity index (χ1v) is 10.4. The lowest BCUT2D eigenvalue weighted by atomic mass is 9.82. The summed E-state index contributed by atoms with van der Waals surface area (Å²) in [5.74, 6) is -0.773. The van der Waals surface area contributed by atoms with E-state index in [1.807, 2.05) is 0 Å². The van der Waals surface area contributed by atoms with Gasteiger partial charge in [-0.15, -0.1) is 0 Å². The number of nitrogens with one attached hydrogen (secondary N) is 1. The second-order valence-corrected chi connectivity index (χ2v) is 9.94. The fourth-order valence-corrected chi connectivity index (χ4v) is 5.20. The Labute approximate surface area is 163 Å². The van der Waals surface area contributed by atoms with Crippen LogP contribution in [0.5, 0.6) is 0 Å². The van der Waals surface area contributed by atoms with E-state index >= 15 is 0 Å². The summed E-state index contributed by atoms with van der Waals surface area (Å²) < 4.78 is 52.5. The smallest absolute Gasteiger partial charge is 0.414 e. The molecular formula is C18H24FN3O5S. The van der Waals surface area contributed by atoms with Crippen LogP contribution in [-0.2, 0) is 25.0 Å². The summed E-state index contributed by atoms with van der Waals surface area (Å²) in [5.41, 5.74) is -2.02. The Bertz CT molecular complexity index is 912. The average Bonchev–Trinajstić information content (AvgIpc) is 2.58. The highest BCUT2D eigenvalue weighted by Crippen LogP contribution is 2.44. The van der Waals surface area contributed by atoms with Crippen molar-refractivity contribution in [1.82, 2.24) is 9.62 Å². The van der Waals surface area contributed by atoms with E-state index in [4.69, 9.17) is 9.47 Å². The minimum atomic E-state index is -3.98. The van der Waals surface area contributed by atoms with E-state index in [2.05, 4.69) is 10.3 Å². The first-order valence-electron chi connectivity index (χ1n) is 8.88. The van der Waals surface area contributed by atoms with Gasteiger partial charge in [0.05, 0.1) is 6.61 Å². The molecule has 2 atom stereocenters. The van der Waals surface area contributed by atoms with Crippen molar-refractivity contribution >= 4 is 22.1 Å². The molecule has 0 bridgehead atoms. The van der Waals surface area contributed by atoms with Crippen molar-refractivity contribution in [1.29, 1.82) is 0 Å². The number of carbonyl (C=O) groups is 1. The monoisotopic (exact) mass is 413 g/mol. The summed E-state index contributed by atoms with van der Waals surface area (Å²) in [7, 11) is -2.70. The second-order valence-electron chi connectivity index (χ2n) is 7.79. The first kappa shape index (κ1) is 20.5. The number of amides is 1. The lowest BCUT2D eigenvalue weighted by Crippen LogP contribution is -2.62. The largest absolute Gasteiger partial charge is 0.444 e. The molecule has 3 rings (SSSR count). The normalized spacial score (nSPS) is 26.8. The third-order valence-electron chi connectivity index (χ3n) is 4.73. The number of carbonyl (C=O) groups excluding carboxylic acids is 1. The van der Waals surface area contributed by atoms with Gasteiger partial charge in [-0.05, 0) is 26.8 Å². The molecular weight excluding hydrogens is 389 g/mol. The van der Waals surface area contributed by atoms with Gasteiger partial charge in [-0.1, -0.05) is 18.2 Å². The van der Waals surface area contributed by atoms with Gasteiger partial charge in [0, 0.05) is 25.6 Å². The first-order chi connectivity index (χ1) is 13.0. The molecule has 0 aromatic heterocycles. The third kappa shape index (κ3) is 3.58. The molecule has 2 aliphatic heterocycles. The molecule has 10 heteroatoms. The maximum atomic E-state index is 14.7. The highest BCUT2D eigenvalue weighted by atomic mass is 32.2. The number of halogens is 1. The predicted molar refractivity (Wildman–Crippen MR) is 101 cm³/mol. The lowest BCUT2D eigenvalue weighted by molar-refractivity contribution is 0.0502. The number of alkyl carbamates (subject to hydrolysis) is 1. The molecule has 0 aliphatic carbocycles. The molecule has 1 saturated heterocycles. The van der Waals surface area contributed by atoms with Gasteiger partial charge in [-0.3, -0.25) is 5.32 Å². The molecule has 154 valence electrons. The van der Waals surface area contributed by atoms with Crippen LogP contribution in [0.25, 0.3) is 0 Å². The number of aliphatic imine (C=N–C) groups is 1. The summed E-state index contributed by atoms with van der Waals surface area (Å²) >= 11 is 0. The van der Waals surface area contributed by atoms with Crippen molar-refractivity contribution in [3.8, 4) is 0 Å². The standard InChI is InChI=1S/C18H24FN3O5S/c1-17(2,3)27-16(23)20-15-21-18(12-7-5-6-8-13(12)19)9-10-26-11-14(18)28(24,25)22(15)4/h5-8,14H,9-11H2,1-4H3,(H,20,21,23)/t14?,18-/m1/s1. The Balaban J connectivity index is 2.12. The minimum Gasteiger partial charge on any atom is -0.444 e. The molecule has 8 nitrogen and oxygen atoms in total. The summed E-state index contributed by atoms with van der Waals surface area (Å²) in [5, 5.41) is 1.29. The van der Waals surface area contributed by atoms with Crippen LogP contribution in [0.15, 0.2) is 29.3 Å². The van der Waals surface area contributed by atoms with Gasteiger partial charge in [0.25, 0.3) is 0 Å². The van der Waals surface area contributed by atoms with E-state index in [0.29, 0.717) is 0 Å². The molecule has 2 aliphatic rings. The van der Waals surface area contributed by atoms with Crippen molar-refractivity contribution < 1.29 is 27.1 Å². The number of ether oxygens (including phenoxy) is 2. The third-order valence-corrected chi connectivity index (χ3v) is 6.91. The van der Waals surface area contributed by atoms with Crippen molar-refractivity contribution in [3.63, 3.8) is 0 Å². The van der Waals surface area contributed by atoms with E-state index < -0.39 is 38.3 Å². The van der Waals surface area contributed by atoms with Crippen molar-refractivity contribution in [3.05, 3.63) is 35.6 Å². The predicted octanol–water partition coefficient (Wildman–Crippen LogP) is 1.97. The SMILES string of the molecule is CN1C(NC(=O)OC(C)(C)C)=N[C@@]2(c3ccccc3F)CCOCC2S1(=O)=O. The summed E-state index contributed by atoms with van der Waals surface area (Å²) in [6, 6.07) is 5.93. The van der Waals surface area contributed by atoms with Gasteiger partial charge in [-0.2, -0.15) is 0 Å². The van der Waals surface area contributed by atoms with E-state index in [1.54, 1.807) is 26.8 Å². The molecule has 1 amide bonds. The maximum Gasteiger partial charge on any atom is 0.414 e. The maximum absolute atomic E-state index is 14.7. The van der Waals surface area contributed by atoms with Crippen LogP contribution in [-0.4, -0.2) is 55.9 Å². The van der Waals surface area contributed by atoms with Crippen molar-refractivity contribution in [2.45, 2.75) is 43.6 Å². The van der Waals surface area contributed by atoms with Crippen molar-refractivity contribution in [2.75, 3.05) is 20.3 Å². The zero-order valence-electron chi connectivity index (χ0n) is 16.2. The van der Waals surface area contributed by atoms with Crippen LogP contribution in [0.2, 0.25) is 0 Å². The van der Waals surface area contributed by atoms with Crippen LogP contribution in [0, 0.1) is 5.82 Å². The van der Waals surface area contributed by atoms with E-state index in [-0.39, 0.29) is 31.2 Å². The topological polar surface area (TPSA) is 97.3 Å². The molecule has 1 fully saturated rings. The minimum absolute atomic E-state index is 0.121. The van der Waals surface area contributed by atoms with Crippen LogP contribution in [0.1, 0.15) is 32.8 Å². The number of fused-ring (bicyclic) bond motifs is 1. The Kier molecular flexibility index (Phi) is 5.13. The van der Waals surface area contributed by atoms with E-state index in [0.717, 1.165) is 4.31 Å². The molecule has 0 spiro atoms. The van der Waals surface area contributed by atoms with E-state index in [9.17, 15) is 17.6 Å². The number of benzene rings is 1. The van der Waals surface area contributed by atoms with Gasteiger partial charge < -0.3 is 9.47 Å². The zero-order chi connectivity index (χ0) is 20.7. The highest BCUT2D eigenvalue weighted by molar-refractivity contribution is 7.90. The van der Waals surface area contributed by atoms with E-state index in [1.165, 1.54) is 25.2 Å². The molecule has 1 N–H and O–H groups in total. The van der Waals surface area contributed by atoms with Crippen molar-refractivity contribution in [2.24, 2.45) is 4.99 Å².